The average molecular weight is 281 g/mol. The van der Waals surface area contributed by atoms with E-state index in [0.29, 0.717) is 11.4 Å². The summed E-state index contributed by atoms with van der Waals surface area (Å²) >= 11 is 0. The molecule has 102 valence electrons. The number of aryl methyl sites for hydroxylation is 1. The van der Waals surface area contributed by atoms with Crippen LogP contribution in [0.5, 0.6) is 0 Å². The first-order chi connectivity index (χ1) is 9.03. The molecule has 0 radical (unpaired) electrons. The third-order valence-corrected chi connectivity index (χ3v) is 3.87. The fourth-order valence-electron chi connectivity index (χ4n) is 1.59. The van der Waals surface area contributed by atoms with E-state index in [4.69, 9.17) is 0 Å². The third kappa shape index (κ3) is 3.09. The molecular weight excluding hydrogens is 266 g/mol. The molecule has 2 aromatic heterocycles. The Morgan fingerprint density at radius 1 is 1.37 bits per heavy atom. The largest absolute Gasteiger partial charge is 0.386 e. The molecule has 2 N–H and O–H groups in total. The molecular formula is C11H15N5O2S. The fourth-order valence-corrected chi connectivity index (χ4v) is 2.72. The van der Waals surface area contributed by atoms with Crippen molar-refractivity contribution in [1.82, 2.24) is 19.5 Å². The smallest absolute Gasteiger partial charge is 0.260 e. The zero-order valence-electron chi connectivity index (χ0n) is 10.7. The van der Waals surface area contributed by atoms with E-state index in [1.807, 2.05) is 0 Å². The lowest BCUT2D eigenvalue weighted by molar-refractivity contribution is 0.576. The van der Waals surface area contributed by atoms with Crippen molar-refractivity contribution in [2.45, 2.75) is 11.6 Å². The molecule has 2 rings (SSSR count). The summed E-state index contributed by atoms with van der Waals surface area (Å²) in [4.78, 5) is 3.90. The molecule has 0 aromatic carbocycles. The van der Waals surface area contributed by atoms with Gasteiger partial charge in [-0.15, -0.1) is 0 Å². The number of pyridine rings is 1. The highest BCUT2D eigenvalue weighted by atomic mass is 32.2. The predicted molar refractivity (Wildman–Crippen MR) is 71.0 cm³/mol. The van der Waals surface area contributed by atoms with Gasteiger partial charge in [0.2, 0.25) is 0 Å². The van der Waals surface area contributed by atoms with Crippen molar-refractivity contribution in [1.29, 1.82) is 0 Å². The van der Waals surface area contributed by atoms with Gasteiger partial charge in [0, 0.05) is 26.5 Å². The number of nitrogens with zero attached hydrogens (tertiary/aromatic N) is 3. The van der Waals surface area contributed by atoms with Crippen molar-refractivity contribution < 1.29 is 8.42 Å². The number of aromatic nitrogens is 3. The van der Waals surface area contributed by atoms with Crippen LogP contribution in [-0.4, -0.2) is 30.2 Å². The molecule has 8 heteroatoms. The summed E-state index contributed by atoms with van der Waals surface area (Å²) in [5.74, 6) is 0. The molecule has 19 heavy (non-hydrogen) atoms. The Kier molecular flexibility index (Phi) is 3.82. The van der Waals surface area contributed by atoms with E-state index in [1.165, 1.54) is 6.20 Å². The molecule has 0 aliphatic carbocycles. The lowest BCUT2D eigenvalue weighted by Crippen LogP contribution is -2.25. The molecule has 0 saturated heterocycles. The normalized spacial score (nSPS) is 11.5. The molecule has 0 unspecified atom stereocenters. The van der Waals surface area contributed by atoms with Gasteiger partial charge in [0.15, 0.2) is 5.03 Å². The molecule has 0 amide bonds. The standard InChI is InChI=1S/C11H15N5O2S/c1-12-10-4-3-6-13-11(10)19(17,18)14-8-9-5-7-16(2)15-9/h3-7,12,14H,8H2,1-2H3. The molecule has 2 aromatic rings. The van der Waals surface area contributed by atoms with Crippen LogP contribution in [0.4, 0.5) is 5.69 Å². The highest BCUT2D eigenvalue weighted by Crippen LogP contribution is 2.16. The average Bonchev–Trinajstić information content (AvgIpc) is 2.82. The molecule has 0 aliphatic rings. The summed E-state index contributed by atoms with van der Waals surface area (Å²) < 4.78 is 28.4. The highest BCUT2D eigenvalue weighted by molar-refractivity contribution is 7.89. The van der Waals surface area contributed by atoms with Gasteiger partial charge < -0.3 is 5.32 Å². The van der Waals surface area contributed by atoms with Crippen molar-refractivity contribution in [2.24, 2.45) is 7.05 Å². The van der Waals surface area contributed by atoms with Gasteiger partial charge >= 0.3 is 0 Å². The Hall–Kier alpha value is -1.93. The van der Waals surface area contributed by atoms with Gasteiger partial charge in [-0.1, -0.05) is 0 Å². The Balaban J connectivity index is 2.18. The first kappa shape index (κ1) is 13.5. The zero-order chi connectivity index (χ0) is 13.9. The maximum Gasteiger partial charge on any atom is 0.260 e. The third-order valence-electron chi connectivity index (χ3n) is 2.51. The minimum atomic E-state index is -3.66. The summed E-state index contributed by atoms with van der Waals surface area (Å²) in [5, 5.41) is 6.89. The van der Waals surface area contributed by atoms with Gasteiger partial charge in [-0.2, -0.15) is 5.10 Å². The van der Waals surface area contributed by atoms with E-state index < -0.39 is 10.0 Å². The number of anilines is 1. The van der Waals surface area contributed by atoms with Crippen LogP contribution in [0.15, 0.2) is 35.6 Å². The van der Waals surface area contributed by atoms with Crippen LogP contribution in [0.1, 0.15) is 5.69 Å². The van der Waals surface area contributed by atoms with E-state index in [1.54, 1.807) is 43.2 Å². The number of rotatable bonds is 5. The van der Waals surface area contributed by atoms with Crippen LogP contribution < -0.4 is 10.0 Å². The summed E-state index contributed by atoms with van der Waals surface area (Å²) in [5.41, 5.74) is 1.10. The van der Waals surface area contributed by atoms with Gasteiger partial charge in [0.1, 0.15) is 0 Å². The van der Waals surface area contributed by atoms with Crippen molar-refractivity contribution in [3.8, 4) is 0 Å². The van der Waals surface area contributed by atoms with Crippen molar-refractivity contribution >= 4 is 15.7 Å². The van der Waals surface area contributed by atoms with Gasteiger partial charge in [-0.25, -0.2) is 18.1 Å². The highest BCUT2D eigenvalue weighted by Gasteiger charge is 2.19. The van der Waals surface area contributed by atoms with Crippen molar-refractivity contribution in [3.63, 3.8) is 0 Å². The summed E-state index contributed by atoms with van der Waals surface area (Å²) in [6, 6.07) is 5.08. The first-order valence-electron chi connectivity index (χ1n) is 5.64. The van der Waals surface area contributed by atoms with E-state index in [2.05, 4.69) is 20.1 Å². The second-order valence-electron chi connectivity index (χ2n) is 3.91. The zero-order valence-corrected chi connectivity index (χ0v) is 11.5. The molecule has 2 heterocycles. The molecule has 0 bridgehead atoms. The van der Waals surface area contributed by atoms with E-state index in [9.17, 15) is 8.42 Å². The van der Waals surface area contributed by atoms with E-state index in [0.717, 1.165) is 0 Å². The van der Waals surface area contributed by atoms with Crippen LogP contribution in [0, 0.1) is 0 Å². The van der Waals surface area contributed by atoms with E-state index in [-0.39, 0.29) is 11.6 Å². The number of hydrogen-bond acceptors (Lipinski definition) is 5. The van der Waals surface area contributed by atoms with Crippen LogP contribution in [0.2, 0.25) is 0 Å². The van der Waals surface area contributed by atoms with Gasteiger partial charge in [-0.3, -0.25) is 4.68 Å². The van der Waals surface area contributed by atoms with Crippen LogP contribution in [-0.2, 0) is 23.6 Å². The molecule has 0 fully saturated rings. The molecule has 0 aliphatic heterocycles. The minimum Gasteiger partial charge on any atom is -0.386 e. The number of hydrogen-bond donors (Lipinski definition) is 2. The van der Waals surface area contributed by atoms with Crippen LogP contribution >= 0.6 is 0 Å². The lowest BCUT2D eigenvalue weighted by atomic mass is 10.4. The Morgan fingerprint density at radius 3 is 2.79 bits per heavy atom. The van der Waals surface area contributed by atoms with Gasteiger partial charge in [0.05, 0.1) is 17.9 Å². The Bertz CT molecular complexity index is 665. The topological polar surface area (TPSA) is 88.9 Å². The number of nitrogens with one attached hydrogen (secondary N) is 2. The Morgan fingerprint density at radius 2 is 2.16 bits per heavy atom. The van der Waals surface area contributed by atoms with Crippen molar-refractivity contribution in [2.75, 3.05) is 12.4 Å². The predicted octanol–water partition coefficient (Wildman–Crippen LogP) is 0.335. The minimum absolute atomic E-state index is 0.0200. The molecule has 0 saturated carbocycles. The quantitative estimate of drug-likeness (QED) is 0.824. The molecule has 0 atom stereocenters. The monoisotopic (exact) mass is 281 g/mol. The summed E-state index contributed by atoms with van der Waals surface area (Å²) in [6.45, 7) is 0.128. The lowest BCUT2D eigenvalue weighted by Gasteiger charge is -2.09. The molecule has 7 nitrogen and oxygen atoms in total. The SMILES string of the molecule is CNc1cccnc1S(=O)(=O)NCc1ccn(C)n1. The summed E-state index contributed by atoms with van der Waals surface area (Å²) in [7, 11) is -0.244. The second-order valence-corrected chi connectivity index (χ2v) is 5.59. The van der Waals surface area contributed by atoms with Gasteiger partial charge in [-0.05, 0) is 18.2 Å². The molecule has 0 spiro atoms. The van der Waals surface area contributed by atoms with E-state index >= 15 is 0 Å². The first-order valence-corrected chi connectivity index (χ1v) is 7.12. The number of sulfonamides is 1. The van der Waals surface area contributed by atoms with Crippen LogP contribution in [0.25, 0.3) is 0 Å². The van der Waals surface area contributed by atoms with Gasteiger partial charge in [0.25, 0.3) is 10.0 Å². The maximum absolute atomic E-state index is 12.1. The maximum atomic E-state index is 12.1. The fraction of sp³-hybridized carbons (Fsp3) is 0.273. The van der Waals surface area contributed by atoms with Crippen LogP contribution in [0.3, 0.4) is 0 Å². The Labute approximate surface area is 111 Å². The second kappa shape index (κ2) is 5.37. The summed E-state index contributed by atoms with van der Waals surface area (Å²) in [6.07, 6.45) is 3.19. The van der Waals surface area contributed by atoms with Crippen molar-refractivity contribution in [3.05, 3.63) is 36.3 Å².